The van der Waals surface area contributed by atoms with E-state index in [2.05, 4.69) is 4.98 Å². The molecule has 0 amide bonds. The summed E-state index contributed by atoms with van der Waals surface area (Å²) < 4.78 is 16.0. The van der Waals surface area contributed by atoms with Crippen LogP contribution >= 0.6 is 0 Å². The first-order chi connectivity index (χ1) is 9.76. The van der Waals surface area contributed by atoms with Gasteiger partial charge in [-0.2, -0.15) is 0 Å². The quantitative estimate of drug-likeness (QED) is 0.757. The third-order valence-electron chi connectivity index (χ3n) is 2.73. The lowest BCUT2D eigenvalue weighted by molar-refractivity contribution is 0.111. The third kappa shape index (κ3) is 3.26. The molecule has 20 heavy (non-hydrogen) atoms. The Balaban J connectivity index is 2.04. The van der Waals surface area contributed by atoms with Gasteiger partial charge in [0.1, 0.15) is 18.1 Å². The van der Waals surface area contributed by atoms with Crippen molar-refractivity contribution in [3.05, 3.63) is 47.8 Å². The maximum absolute atomic E-state index is 10.5. The summed E-state index contributed by atoms with van der Waals surface area (Å²) in [5.74, 6) is 1.93. The molecule has 0 spiro atoms. The Morgan fingerprint density at radius 2 is 1.90 bits per heavy atom. The van der Waals surface area contributed by atoms with Crippen molar-refractivity contribution in [2.45, 2.75) is 6.61 Å². The molecule has 2 aromatic rings. The van der Waals surface area contributed by atoms with Gasteiger partial charge in [0.2, 0.25) is 0 Å². The highest BCUT2D eigenvalue weighted by Crippen LogP contribution is 2.27. The Hall–Kier alpha value is -2.56. The molecule has 0 unspecified atom stereocenters. The van der Waals surface area contributed by atoms with E-state index in [4.69, 9.17) is 14.2 Å². The summed E-state index contributed by atoms with van der Waals surface area (Å²) in [7, 11) is 3.18. The summed E-state index contributed by atoms with van der Waals surface area (Å²) in [4.78, 5) is 14.4. The lowest BCUT2D eigenvalue weighted by Crippen LogP contribution is -1.98. The number of hydrogen-bond acceptors (Lipinski definition) is 5. The van der Waals surface area contributed by atoms with Crippen LogP contribution in [-0.2, 0) is 6.61 Å². The molecule has 1 heterocycles. The smallest absolute Gasteiger partial charge is 0.168 e. The lowest BCUT2D eigenvalue weighted by Gasteiger charge is -2.10. The average Bonchev–Trinajstić information content (AvgIpc) is 2.53. The van der Waals surface area contributed by atoms with Crippen LogP contribution < -0.4 is 14.2 Å². The molecule has 0 atom stereocenters. The zero-order valence-corrected chi connectivity index (χ0v) is 11.3. The normalized spacial score (nSPS) is 9.90. The fourth-order valence-corrected chi connectivity index (χ4v) is 1.68. The van der Waals surface area contributed by atoms with E-state index in [0.29, 0.717) is 35.8 Å². The molecule has 0 aliphatic rings. The number of nitrogens with zero attached hydrogens (tertiary/aromatic N) is 1. The van der Waals surface area contributed by atoms with Crippen molar-refractivity contribution in [3.8, 4) is 17.2 Å². The molecule has 104 valence electrons. The maximum Gasteiger partial charge on any atom is 0.168 e. The number of carbonyl (C=O) groups is 1. The van der Waals surface area contributed by atoms with E-state index in [1.54, 1.807) is 26.4 Å². The molecule has 0 aliphatic heterocycles. The highest BCUT2D eigenvalue weighted by Gasteiger charge is 2.05. The molecule has 0 aliphatic carbocycles. The highest BCUT2D eigenvalue weighted by molar-refractivity contribution is 5.71. The van der Waals surface area contributed by atoms with E-state index >= 15 is 0 Å². The maximum atomic E-state index is 10.5. The van der Waals surface area contributed by atoms with Crippen LogP contribution in [0.15, 0.2) is 36.5 Å². The standard InChI is InChI=1S/C15H15NO4/c1-18-14-6-3-11(7-15(14)19-2)10-20-13-5-4-12(9-17)16-8-13/h3-9H,10H2,1-2H3. The zero-order chi connectivity index (χ0) is 14.4. The van der Waals surface area contributed by atoms with Gasteiger partial charge >= 0.3 is 0 Å². The topological polar surface area (TPSA) is 57.7 Å². The average molecular weight is 273 g/mol. The molecule has 5 nitrogen and oxygen atoms in total. The molecule has 2 rings (SSSR count). The van der Waals surface area contributed by atoms with Gasteiger partial charge in [-0.25, -0.2) is 4.98 Å². The second kappa shape index (κ2) is 6.56. The first-order valence-corrected chi connectivity index (χ1v) is 6.01. The first-order valence-electron chi connectivity index (χ1n) is 6.01. The van der Waals surface area contributed by atoms with Gasteiger partial charge in [0.05, 0.1) is 20.4 Å². The molecule has 0 fully saturated rings. The Kier molecular flexibility index (Phi) is 4.55. The minimum absolute atomic E-state index is 0.377. The number of aromatic nitrogens is 1. The van der Waals surface area contributed by atoms with Gasteiger partial charge in [0.15, 0.2) is 17.8 Å². The van der Waals surface area contributed by atoms with Gasteiger partial charge in [-0.3, -0.25) is 4.79 Å². The molecule has 0 bridgehead atoms. The fourth-order valence-electron chi connectivity index (χ4n) is 1.68. The number of rotatable bonds is 6. The van der Waals surface area contributed by atoms with Crippen LogP contribution in [0.1, 0.15) is 16.1 Å². The summed E-state index contributed by atoms with van der Waals surface area (Å²) in [6.45, 7) is 0.377. The van der Waals surface area contributed by atoms with Crippen LogP contribution in [0, 0.1) is 0 Å². The number of aldehydes is 1. The predicted octanol–water partition coefficient (Wildman–Crippen LogP) is 2.49. The number of carbonyl (C=O) groups excluding carboxylic acids is 1. The van der Waals surface area contributed by atoms with Gasteiger partial charge in [-0.15, -0.1) is 0 Å². The summed E-state index contributed by atoms with van der Waals surface area (Å²) in [6, 6.07) is 8.89. The Morgan fingerprint density at radius 1 is 1.10 bits per heavy atom. The van der Waals surface area contributed by atoms with E-state index in [-0.39, 0.29) is 0 Å². The van der Waals surface area contributed by atoms with E-state index in [1.807, 2.05) is 18.2 Å². The van der Waals surface area contributed by atoms with Crippen LogP contribution in [0.2, 0.25) is 0 Å². The van der Waals surface area contributed by atoms with E-state index in [1.165, 1.54) is 6.20 Å². The lowest BCUT2D eigenvalue weighted by atomic mass is 10.2. The van der Waals surface area contributed by atoms with Gasteiger partial charge in [-0.05, 0) is 29.8 Å². The highest BCUT2D eigenvalue weighted by atomic mass is 16.5. The minimum atomic E-state index is 0.377. The Morgan fingerprint density at radius 3 is 2.50 bits per heavy atom. The Bertz CT molecular complexity index is 581. The molecule has 0 saturated carbocycles. The van der Waals surface area contributed by atoms with Crippen molar-refractivity contribution >= 4 is 6.29 Å². The van der Waals surface area contributed by atoms with Gasteiger partial charge < -0.3 is 14.2 Å². The molecule has 1 aromatic heterocycles. The second-order valence-electron chi connectivity index (χ2n) is 4.01. The van der Waals surface area contributed by atoms with Crippen LogP contribution in [-0.4, -0.2) is 25.5 Å². The molecule has 0 N–H and O–H groups in total. The number of pyridine rings is 1. The number of hydrogen-bond donors (Lipinski definition) is 0. The molecule has 0 saturated heterocycles. The SMILES string of the molecule is COc1ccc(COc2ccc(C=O)nc2)cc1OC. The molecule has 0 radical (unpaired) electrons. The van der Waals surface area contributed by atoms with Gasteiger partial charge in [-0.1, -0.05) is 6.07 Å². The van der Waals surface area contributed by atoms with E-state index < -0.39 is 0 Å². The molecular weight excluding hydrogens is 258 g/mol. The summed E-state index contributed by atoms with van der Waals surface area (Å²) in [5, 5.41) is 0. The van der Waals surface area contributed by atoms with E-state index in [9.17, 15) is 4.79 Å². The Labute approximate surface area is 117 Å². The van der Waals surface area contributed by atoms with E-state index in [0.717, 1.165) is 5.56 Å². The summed E-state index contributed by atoms with van der Waals surface area (Å²) in [6.07, 6.45) is 2.21. The van der Waals surface area contributed by atoms with Crippen LogP contribution in [0.3, 0.4) is 0 Å². The number of methoxy groups -OCH3 is 2. The third-order valence-corrected chi connectivity index (χ3v) is 2.73. The zero-order valence-electron chi connectivity index (χ0n) is 11.3. The van der Waals surface area contributed by atoms with Crippen molar-refractivity contribution in [2.75, 3.05) is 14.2 Å². The summed E-state index contributed by atoms with van der Waals surface area (Å²) in [5.41, 5.74) is 1.32. The first kappa shape index (κ1) is 13.9. The van der Waals surface area contributed by atoms with Crippen molar-refractivity contribution in [2.24, 2.45) is 0 Å². The summed E-state index contributed by atoms with van der Waals surface area (Å²) >= 11 is 0. The predicted molar refractivity (Wildman–Crippen MR) is 73.5 cm³/mol. The van der Waals surface area contributed by atoms with Crippen LogP contribution in [0.4, 0.5) is 0 Å². The minimum Gasteiger partial charge on any atom is -0.493 e. The fraction of sp³-hybridized carbons (Fsp3) is 0.200. The molecule has 1 aromatic carbocycles. The van der Waals surface area contributed by atoms with Gasteiger partial charge in [0, 0.05) is 0 Å². The molecular formula is C15H15NO4. The van der Waals surface area contributed by atoms with Crippen molar-refractivity contribution < 1.29 is 19.0 Å². The number of benzene rings is 1. The van der Waals surface area contributed by atoms with Crippen molar-refractivity contribution in [3.63, 3.8) is 0 Å². The monoisotopic (exact) mass is 273 g/mol. The largest absolute Gasteiger partial charge is 0.493 e. The van der Waals surface area contributed by atoms with Gasteiger partial charge in [0.25, 0.3) is 0 Å². The second-order valence-corrected chi connectivity index (χ2v) is 4.01. The van der Waals surface area contributed by atoms with Crippen molar-refractivity contribution in [1.29, 1.82) is 0 Å². The van der Waals surface area contributed by atoms with Crippen LogP contribution in [0.25, 0.3) is 0 Å². The van der Waals surface area contributed by atoms with Crippen LogP contribution in [0.5, 0.6) is 17.2 Å². The molecule has 5 heteroatoms. The van der Waals surface area contributed by atoms with Crippen molar-refractivity contribution in [1.82, 2.24) is 4.98 Å². The number of ether oxygens (including phenoxy) is 3.